The van der Waals surface area contributed by atoms with Crippen LogP contribution in [0.1, 0.15) is 25.7 Å². The van der Waals surface area contributed by atoms with Gasteiger partial charge >= 0.3 is 11.6 Å². The molecule has 2 atom stereocenters. The minimum absolute atomic E-state index is 0.0170. The highest BCUT2D eigenvalue weighted by Crippen LogP contribution is 2.31. The quantitative estimate of drug-likeness (QED) is 0.627. The van der Waals surface area contributed by atoms with Crippen LogP contribution >= 0.6 is 0 Å². The molecule has 6 nitrogen and oxygen atoms in total. The molecule has 2 saturated heterocycles. The maximum absolute atomic E-state index is 12.6. The summed E-state index contributed by atoms with van der Waals surface area (Å²) < 4.78 is 16.3. The SMILES string of the molecule is O=C(OCC1CCCO1)[C@@H]1CCCN1c1cc(=O)oc2ccccc12. The van der Waals surface area contributed by atoms with E-state index in [9.17, 15) is 9.59 Å². The highest BCUT2D eigenvalue weighted by molar-refractivity contribution is 5.93. The zero-order chi connectivity index (χ0) is 17.2. The molecular formula is C19H21NO5. The van der Waals surface area contributed by atoms with Crippen LogP contribution in [0.25, 0.3) is 11.0 Å². The number of nitrogens with zero attached hydrogens (tertiary/aromatic N) is 1. The largest absolute Gasteiger partial charge is 0.461 e. The molecule has 1 aromatic heterocycles. The van der Waals surface area contributed by atoms with Gasteiger partial charge in [0.15, 0.2) is 0 Å². The maximum Gasteiger partial charge on any atom is 0.338 e. The summed E-state index contributed by atoms with van der Waals surface area (Å²) in [6.07, 6.45) is 3.58. The van der Waals surface area contributed by atoms with Gasteiger partial charge < -0.3 is 18.8 Å². The van der Waals surface area contributed by atoms with Gasteiger partial charge in [0.25, 0.3) is 0 Å². The zero-order valence-electron chi connectivity index (χ0n) is 14.0. The minimum atomic E-state index is -0.410. The van der Waals surface area contributed by atoms with Crippen molar-refractivity contribution in [2.75, 3.05) is 24.7 Å². The second-order valence-corrected chi connectivity index (χ2v) is 6.56. The summed E-state index contributed by atoms with van der Waals surface area (Å²) in [5, 5.41) is 0.834. The van der Waals surface area contributed by atoms with Gasteiger partial charge in [-0.2, -0.15) is 0 Å². The number of anilines is 1. The summed E-state index contributed by atoms with van der Waals surface area (Å²) in [5.41, 5.74) is 0.860. The van der Waals surface area contributed by atoms with Crippen molar-refractivity contribution in [3.63, 3.8) is 0 Å². The van der Waals surface area contributed by atoms with Gasteiger partial charge in [0.1, 0.15) is 18.2 Å². The summed E-state index contributed by atoms with van der Waals surface area (Å²) in [7, 11) is 0. The normalized spacial score (nSPS) is 23.3. The third-order valence-electron chi connectivity index (χ3n) is 4.90. The Labute approximate surface area is 145 Å². The number of hydrogen-bond donors (Lipinski definition) is 0. The molecule has 1 unspecified atom stereocenters. The summed E-state index contributed by atoms with van der Waals surface area (Å²) >= 11 is 0. The Morgan fingerprint density at radius 3 is 2.96 bits per heavy atom. The lowest BCUT2D eigenvalue weighted by Crippen LogP contribution is -2.38. The second-order valence-electron chi connectivity index (χ2n) is 6.56. The Morgan fingerprint density at radius 1 is 1.24 bits per heavy atom. The molecule has 0 aliphatic carbocycles. The van der Waals surface area contributed by atoms with Crippen LogP contribution in [-0.2, 0) is 14.3 Å². The zero-order valence-corrected chi connectivity index (χ0v) is 14.0. The molecule has 4 rings (SSSR count). The van der Waals surface area contributed by atoms with Gasteiger partial charge in [-0.25, -0.2) is 9.59 Å². The van der Waals surface area contributed by atoms with Crippen molar-refractivity contribution >= 4 is 22.6 Å². The summed E-state index contributed by atoms with van der Waals surface area (Å²) in [5.74, 6) is -0.245. The van der Waals surface area contributed by atoms with Crippen LogP contribution in [0.4, 0.5) is 5.69 Å². The van der Waals surface area contributed by atoms with E-state index in [-0.39, 0.29) is 18.1 Å². The number of para-hydroxylation sites is 1. The number of carbonyl (C=O) groups excluding carboxylic acids is 1. The summed E-state index contributed by atoms with van der Waals surface area (Å²) in [4.78, 5) is 26.5. The molecule has 0 radical (unpaired) electrons. The fourth-order valence-corrected chi connectivity index (χ4v) is 3.68. The Kier molecular flexibility index (Phi) is 4.44. The average Bonchev–Trinajstić information content (AvgIpc) is 3.30. The number of fused-ring (bicyclic) bond motifs is 1. The molecule has 6 heteroatoms. The van der Waals surface area contributed by atoms with E-state index < -0.39 is 5.63 Å². The first-order valence-corrected chi connectivity index (χ1v) is 8.80. The second kappa shape index (κ2) is 6.88. The van der Waals surface area contributed by atoms with Gasteiger partial charge in [-0.05, 0) is 37.8 Å². The molecule has 2 fully saturated rings. The number of benzene rings is 1. The van der Waals surface area contributed by atoms with Crippen molar-refractivity contribution in [3.8, 4) is 0 Å². The molecule has 2 aliphatic heterocycles. The van der Waals surface area contributed by atoms with Crippen molar-refractivity contribution in [2.24, 2.45) is 0 Å². The Hall–Kier alpha value is -2.34. The molecule has 0 saturated carbocycles. The standard InChI is InChI=1S/C19H21NO5/c21-18-11-16(14-6-1-2-8-17(14)25-18)20-9-3-7-15(20)19(22)24-12-13-5-4-10-23-13/h1-2,6,8,11,13,15H,3-5,7,9-10,12H2/t13?,15-/m0/s1. The van der Waals surface area contributed by atoms with Crippen LogP contribution < -0.4 is 10.5 Å². The maximum atomic E-state index is 12.6. The Bertz CT molecular complexity index is 824. The van der Waals surface area contributed by atoms with Gasteiger partial charge in [-0.15, -0.1) is 0 Å². The van der Waals surface area contributed by atoms with E-state index in [1.54, 1.807) is 6.07 Å². The summed E-state index contributed by atoms with van der Waals surface area (Å²) in [6, 6.07) is 8.49. The molecule has 25 heavy (non-hydrogen) atoms. The van der Waals surface area contributed by atoms with Crippen LogP contribution in [-0.4, -0.2) is 37.9 Å². The van der Waals surface area contributed by atoms with Gasteiger partial charge in [-0.1, -0.05) is 12.1 Å². The molecule has 0 bridgehead atoms. The molecule has 0 N–H and O–H groups in total. The van der Waals surface area contributed by atoms with Crippen LogP contribution in [0, 0.1) is 0 Å². The number of hydrogen-bond acceptors (Lipinski definition) is 6. The number of carbonyl (C=O) groups is 1. The number of esters is 1. The highest BCUT2D eigenvalue weighted by atomic mass is 16.6. The van der Waals surface area contributed by atoms with Crippen LogP contribution in [0.5, 0.6) is 0 Å². The Morgan fingerprint density at radius 2 is 2.12 bits per heavy atom. The van der Waals surface area contributed by atoms with Gasteiger partial charge in [0.05, 0.1) is 11.8 Å². The van der Waals surface area contributed by atoms with Crippen molar-refractivity contribution < 1.29 is 18.7 Å². The summed E-state index contributed by atoms with van der Waals surface area (Å²) in [6.45, 7) is 1.76. The van der Waals surface area contributed by atoms with Gasteiger partial charge in [-0.3, -0.25) is 0 Å². The molecule has 0 amide bonds. The molecule has 3 heterocycles. The van der Waals surface area contributed by atoms with E-state index in [2.05, 4.69) is 0 Å². The van der Waals surface area contributed by atoms with Crippen LogP contribution in [0.15, 0.2) is 39.5 Å². The van der Waals surface area contributed by atoms with Gasteiger partial charge in [0, 0.05) is 24.6 Å². The van der Waals surface area contributed by atoms with Crippen molar-refractivity contribution in [1.82, 2.24) is 0 Å². The van der Waals surface area contributed by atoms with Crippen molar-refractivity contribution in [1.29, 1.82) is 0 Å². The lowest BCUT2D eigenvalue weighted by molar-refractivity contribution is -0.148. The van der Waals surface area contributed by atoms with E-state index in [4.69, 9.17) is 13.9 Å². The first-order valence-electron chi connectivity index (χ1n) is 8.80. The molecule has 0 spiro atoms. The lowest BCUT2D eigenvalue weighted by atomic mass is 10.1. The van der Waals surface area contributed by atoms with E-state index in [0.29, 0.717) is 18.7 Å². The number of ether oxygens (including phenoxy) is 2. The number of rotatable bonds is 4. The van der Waals surface area contributed by atoms with Crippen LogP contribution in [0.2, 0.25) is 0 Å². The molecule has 132 valence electrons. The van der Waals surface area contributed by atoms with E-state index in [1.165, 1.54) is 6.07 Å². The van der Waals surface area contributed by atoms with Crippen LogP contribution in [0.3, 0.4) is 0 Å². The molecule has 2 aliphatic rings. The predicted octanol–water partition coefficient (Wildman–Crippen LogP) is 2.48. The third kappa shape index (κ3) is 3.26. The average molecular weight is 343 g/mol. The fourth-order valence-electron chi connectivity index (χ4n) is 3.68. The molecule has 2 aromatic rings. The fraction of sp³-hybridized carbons (Fsp3) is 0.474. The lowest BCUT2D eigenvalue weighted by Gasteiger charge is -2.26. The smallest absolute Gasteiger partial charge is 0.338 e. The van der Waals surface area contributed by atoms with Crippen molar-refractivity contribution in [2.45, 2.75) is 37.8 Å². The van der Waals surface area contributed by atoms with E-state index in [0.717, 1.165) is 43.4 Å². The van der Waals surface area contributed by atoms with E-state index >= 15 is 0 Å². The minimum Gasteiger partial charge on any atom is -0.461 e. The molecular weight excluding hydrogens is 322 g/mol. The van der Waals surface area contributed by atoms with Crippen molar-refractivity contribution in [3.05, 3.63) is 40.8 Å². The van der Waals surface area contributed by atoms with Gasteiger partial charge in [0.2, 0.25) is 0 Å². The molecule has 1 aromatic carbocycles. The Balaban J connectivity index is 1.57. The van der Waals surface area contributed by atoms with E-state index in [1.807, 2.05) is 23.1 Å². The predicted molar refractivity (Wildman–Crippen MR) is 92.8 cm³/mol. The first kappa shape index (κ1) is 16.1. The first-order chi connectivity index (χ1) is 12.2. The third-order valence-corrected chi connectivity index (χ3v) is 4.90. The topological polar surface area (TPSA) is 69.0 Å². The monoisotopic (exact) mass is 343 g/mol. The highest BCUT2D eigenvalue weighted by Gasteiger charge is 2.34.